The molecule has 0 radical (unpaired) electrons. The Hall–Kier alpha value is -2.34. The van der Waals surface area contributed by atoms with Crippen molar-refractivity contribution in [3.8, 4) is 0 Å². The van der Waals surface area contributed by atoms with Crippen LogP contribution in [0.3, 0.4) is 0 Å². The fourth-order valence-electron chi connectivity index (χ4n) is 2.61. The average Bonchev–Trinajstić information content (AvgIpc) is 2.47. The highest BCUT2D eigenvalue weighted by atomic mass is 16.4. The van der Waals surface area contributed by atoms with Gasteiger partial charge in [0.1, 0.15) is 5.56 Å². The standard InChI is InChI=1S/C15H17N3O3/c1-16-6-8-17(9-7-16)11-4-5-18-12(10-11)2-3-13(14(18)19)15(20)21/h2-5,10H,6-9H2,1H3,(H,20,21). The van der Waals surface area contributed by atoms with Gasteiger partial charge in [-0.3, -0.25) is 9.20 Å². The average molecular weight is 287 g/mol. The highest BCUT2D eigenvalue weighted by Crippen LogP contribution is 2.18. The molecule has 6 heteroatoms. The second-order valence-electron chi connectivity index (χ2n) is 5.33. The van der Waals surface area contributed by atoms with E-state index in [-0.39, 0.29) is 5.56 Å². The minimum Gasteiger partial charge on any atom is -0.477 e. The van der Waals surface area contributed by atoms with E-state index in [1.54, 1.807) is 12.3 Å². The van der Waals surface area contributed by atoms with E-state index < -0.39 is 11.5 Å². The summed E-state index contributed by atoms with van der Waals surface area (Å²) in [6.07, 6.45) is 1.65. The highest BCUT2D eigenvalue weighted by molar-refractivity contribution is 5.87. The molecule has 1 N–H and O–H groups in total. The number of nitrogens with zero attached hydrogens (tertiary/aromatic N) is 3. The van der Waals surface area contributed by atoms with Crippen LogP contribution in [0.15, 0.2) is 35.3 Å². The van der Waals surface area contributed by atoms with E-state index in [1.807, 2.05) is 12.1 Å². The molecular formula is C15H17N3O3. The number of fused-ring (bicyclic) bond motifs is 1. The van der Waals surface area contributed by atoms with Crippen molar-refractivity contribution in [2.75, 3.05) is 38.1 Å². The Morgan fingerprint density at radius 3 is 2.52 bits per heavy atom. The summed E-state index contributed by atoms with van der Waals surface area (Å²) in [7, 11) is 2.10. The summed E-state index contributed by atoms with van der Waals surface area (Å²) < 4.78 is 1.38. The highest BCUT2D eigenvalue weighted by Gasteiger charge is 2.15. The van der Waals surface area contributed by atoms with Gasteiger partial charge < -0.3 is 14.9 Å². The van der Waals surface area contributed by atoms with Gasteiger partial charge >= 0.3 is 5.97 Å². The topological polar surface area (TPSA) is 65.3 Å². The molecule has 3 heterocycles. The van der Waals surface area contributed by atoms with Crippen LogP contribution in [0.4, 0.5) is 5.69 Å². The van der Waals surface area contributed by atoms with Crippen molar-refractivity contribution in [2.24, 2.45) is 0 Å². The molecule has 21 heavy (non-hydrogen) atoms. The first-order valence-corrected chi connectivity index (χ1v) is 6.88. The van der Waals surface area contributed by atoms with Crippen LogP contribution in [-0.4, -0.2) is 53.6 Å². The predicted molar refractivity (Wildman–Crippen MR) is 80.3 cm³/mol. The molecule has 110 valence electrons. The van der Waals surface area contributed by atoms with Crippen molar-refractivity contribution in [2.45, 2.75) is 0 Å². The van der Waals surface area contributed by atoms with E-state index in [0.29, 0.717) is 5.52 Å². The Morgan fingerprint density at radius 1 is 1.14 bits per heavy atom. The van der Waals surface area contributed by atoms with Gasteiger partial charge in [-0.25, -0.2) is 4.79 Å². The van der Waals surface area contributed by atoms with Crippen molar-refractivity contribution in [1.29, 1.82) is 0 Å². The summed E-state index contributed by atoms with van der Waals surface area (Å²) in [5, 5.41) is 8.98. The van der Waals surface area contributed by atoms with Gasteiger partial charge in [-0.15, -0.1) is 0 Å². The molecular weight excluding hydrogens is 270 g/mol. The first-order chi connectivity index (χ1) is 10.1. The minimum absolute atomic E-state index is 0.208. The van der Waals surface area contributed by atoms with Crippen molar-refractivity contribution < 1.29 is 9.90 Å². The first kappa shape index (κ1) is 13.6. The number of carboxylic acids is 1. The molecule has 3 rings (SSSR count). The predicted octanol–water partition coefficient (Wildman–Crippen LogP) is 0.750. The number of piperazine rings is 1. The number of aromatic nitrogens is 1. The molecule has 1 aliphatic rings. The Balaban J connectivity index is 2.00. The van der Waals surface area contributed by atoms with E-state index >= 15 is 0 Å². The van der Waals surface area contributed by atoms with Crippen LogP contribution in [0.1, 0.15) is 10.4 Å². The largest absolute Gasteiger partial charge is 0.477 e. The van der Waals surface area contributed by atoms with Crippen LogP contribution in [0.25, 0.3) is 5.52 Å². The SMILES string of the molecule is CN1CCN(c2ccn3c(=O)c(C(=O)O)ccc3c2)CC1. The lowest BCUT2D eigenvalue weighted by Gasteiger charge is -2.34. The molecule has 2 aromatic heterocycles. The van der Waals surface area contributed by atoms with Gasteiger partial charge in [0.25, 0.3) is 5.56 Å². The Labute approximate surface area is 121 Å². The maximum absolute atomic E-state index is 12.1. The van der Waals surface area contributed by atoms with Gasteiger partial charge in [-0.05, 0) is 31.3 Å². The third kappa shape index (κ3) is 2.50. The fraction of sp³-hybridized carbons (Fsp3) is 0.333. The van der Waals surface area contributed by atoms with Crippen molar-refractivity contribution in [3.63, 3.8) is 0 Å². The van der Waals surface area contributed by atoms with E-state index in [0.717, 1.165) is 31.9 Å². The van der Waals surface area contributed by atoms with E-state index in [9.17, 15) is 9.59 Å². The molecule has 2 aromatic rings. The van der Waals surface area contributed by atoms with Crippen LogP contribution in [0.2, 0.25) is 0 Å². The number of hydrogen-bond donors (Lipinski definition) is 1. The molecule has 0 unspecified atom stereocenters. The second-order valence-corrected chi connectivity index (χ2v) is 5.33. The van der Waals surface area contributed by atoms with Crippen molar-refractivity contribution in [1.82, 2.24) is 9.30 Å². The van der Waals surface area contributed by atoms with Gasteiger partial charge in [0.15, 0.2) is 0 Å². The number of likely N-dealkylation sites (N-methyl/N-ethyl adjacent to an activating group) is 1. The lowest BCUT2D eigenvalue weighted by Crippen LogP contribution is -2.44. The zero-order valence-electron chi connectivity index (χ0n) is 11.8. The van der Waals surface area contributed by atoms with Gasteiger partial charge in [-0.2, -0.15) is 0 Å². The van der Waals surface area contributed by atoms with Crippen LogP contribution in [0.5, 0.6) is 0 Å². The molecule has 0 aliphatic carbocycles. The van der Waals surface area contributed by atoms with Crippen LogP contribution in [0, 0.1) is 0 Å². The fourth-order valence-corrected chi connectivity index (χ4v) is 2.61. The number of pyridine rings is 2. The first-order valence-electron chi connectivity index (χ1n) is 6.88. The maximum Gasteiger partial charge on any atom is 0.341 e. The molecule has 0 saturated carbocycles. The van der Waals surface area contributed by atoms with Crippen LogP contribution in [-0.2, 0) is 0 Å². The summed E-state index contributed by atoms with van der Waals surface area (Å²) in [6, 6.07) is 6.84. The molecule has 0 aromatic carbocycles. The number of hydrogen-bond acceptors (Lipinski definition) is 4. The van der Waals surface area contributed by atoms with E-state index in [4.69, 9.17) is 5.11 Å². The van der Waals surface area contributed by atoms with Gasteiger partial charge in [-0.1, -0.05) is 0 Å². The molecule has 1 saturated heterocycles. The Bertz CT molecular complexity index is 745. The zero-order chi connectivity index (χ0) is 15.0. The summed E-state index contributed by atoms with van der Waals surface area (Å²) in [5.74, 6) is -1.20. The molecule has 0 bridgehead atoms. The Morgan fingerprint density at radius 2 is 1.86 bits per heavy atom. The third-order valence-corrected chi connectivity index (χ3v) is 3.94. The second kappa shape index (κ2) is 5.21. The lowest BCUT2D eigenvalue weighted by atomic mass is 10.2. The number of anilines is 1. The summed E-state index contributed by atoms with van der Waals surface area (Å²) in [6.45, 7) is 3.92. The van der Waals surface area contributed by atoms with Crippen LogP contribution < -0.4 is 10.5 Å². The summed E-state index contributed by atoms with van der Waals surface area (Å²) in [5.41, 5.74) is 1.07. The van der Waals surface area contributed by atoms with E-state index in [1.165, 1.54) is 10.5 Å². The molecule has 0 atom stereocenters. The smallest absolute Gasteiger partial charge is 0.341 e. The van der Waals surface area contributed by atoms with Crippen molar-refractivity contribution in [3.05, 3.63) is 46.4 Å². The molecule has 0 amide bonds. The number of carboxylic acid groups (broad SMARTS) is 1. The van der Waals surface area contributed by atoms with Crippen molar-refractivity contribution >= 4 is 17.2 Å². The molecule has 1 aliphatic heterocycles. The number of aromatic carboxylic acids is 1. The minimum atomic E-state index is -1.20. The van der Waals surface area contributed by atoms with Gasteiger partial charge in [0.2, 0.25) is 0 Å². The van der Waals surface area contributed by atoms with Crippen LogP contribution >= 0.6 is 0 Å². The number of carbonyl (C=O) groups is 1. The summed E-state index contributed by atoms with van der Waals surface area (Å²) >= 11 is 0. The summed E-state index contributed by atoms with van der Waals surface area (Å²) in [4.78, 5) is 27.6. The quantitative estimate of drug-likeness (QED) is 0.883. The Kier molecular flexibility index (Phi) is 3.39. The molecule has 6 nitrogen and oxygen atoms in total. The van der Waals surface area contributed by atoms with Gasteiger partial charge in [0.05, 0.1) is 5.52 Å². The third-order valence-electron chi connectivity index (χ3n) is 3.94. The molecule has 0 spiro atoms. The number of rotatable bonds is 2. The molecule has 1 fully saturated rings. The zero-order valence-corrected chi connectivity index (χ0v) is 11.8. The monoisotopic (exact) mass is 287 g/mol. The lowest BCUT2D eigenvalue weighted by molar-refractivity contribution is 0.0695. The van der Waals surface area contributed by atoms with E-state index in [2.05, 4.69) is 16.8 Å². The van der Waals surface area contributed by atoms with Gasteiger partial charge in [0, 0.05) is 38.1 Å². The maximum atomic E-state index is 12.1. The normalized spacial score (nSPS) is 16.3.